The maximum Gasteiger partial charge on any atom is 0.255 e. The molecule has 0 bridgehead atoms. The van der Waals surface area contributed by atoms with E-state index in [2.05, 4.69) is 10.3 Å². The van der Waals surface area contributed by atoms with Gasteiger partial charge in [-0.25, -0.2) is 4.98 Å². The summed E-state index contributed by atoms with van der Waals surface area (Å²) < 4.78 is 5.30. The number of thioether (sulfide) groups is 1. The number of nitrogens with zero attached hydrogens (tertiary/aromatic N) is 2. The molecule has 1 aromatic carbocycles. The number of anilines is 1. The fourth-order valence-electron chi connectivity index (χ4n) is 3.08. The molecule has 1 aliphatic heterocycles. The van der Waals surface area contributed by atoms with Gasteiger partial charge in [-0.05, 0) is 50.5 Å². The van der Waals surface area contributed by atoms with Crippen LogP contribution in [0, 0.1) is 6.92 Å². The van der Waals surface area contributed by atoms with Gasteiger partial charge in [0, 0.05) is 30.4 Å². The zero-order valence-corrected chi connectivity index (χ0v) is 18.3. The summed E-state index contributed by atoms with van der Waals surface area (Å²) in [6, 6.07) is 7.02. The Hall–Kier alpha value is -2.25. The van der Waals surface area contributed by atoms with Gasteiger partial charge in [0.05, 0.1) is 28.6 Å². The zero-order valence-electron chi connectivity index (χ0n) is 16.7. The molecular weight excluding hydrogens is 410 g/mol. The second-order valence-corrected chi connectivity index (χ2v) is 8.70. The van der Waals surface area contributed by atoms with E-state index < -0.39 is 0 Å². The normalized spacial score (nSPS) is 14.6. The summed E-state index contributed by atoms with van der Waals surface area (Å²) in [5.74, 6) is 0.352. The van der Waals surface area contributed by atoms with E-state index in [-0.39, 0.29) is 17.1 Å². The first-order valence-corrected chi connectivity index (χ1v) is 10.7. The van der Waals surface area contributed by atoms with Gasteiger partial charge in [0.15, 0.2) is 0 Å². The minimum atomic E-state index is -0.386. The van der Waals surface area contributed by atoms with E-state index >= 15 is 0 Å². The third-order valence-electron chi connectivity index (χ3n) is 4.78. The van der Waals surface area contributed by atoms with Crippen LogP contribution in [0.5, 0.6) is 5.75 Å². The molecule has 0 radical (unpaired) electrons. The van der Waals surface area contributed by atoms with Crippen LogP contribution >= 0.6 is 23.4 Å². The van der Waals surface area contributed by atoms with Crippen molar-refractivity contribution in [1.29, 1.82) is 0 Å². The van der Waals surface area contributed by atoms with Gasteiger partial charge in [-0.1, -0.05) is 23.4 Å². The Morgan fingerprint density at radius 2 is 2.00 bits per heavy atom. The summed E-state index contributed by atoms with van der Waals surface area (Å²) in [4.78, 5) is 31.2. The Bertz CT molecular complexity index is 899. The maximum absolute atomic E-state index is 12.6. The number of halogens is 1. The highest BCUT2D eigenvalue weighted by Crippen LogP contribution is 2.32. The molecule has 1 aromatic heterocycles. The average Bonchev–Trinajstić information content (AvgIpc) is 3.25. The number of methoxy groups -OCH3 is 1. The molecule has 6 nitrogen and oxygen atoms in total. The first-order valence-electron chi connectivity index (χ1n) is 9.46. The molecule has 2 amide bonds. The summed E-state index contributed by atoms with van der Waals surface area (Å²) in [6.45, 7) is 5.28. The van der Waals surface area contributed by atoms with Crippen molar-refractivity contribution in [2.75, 3.05) is 25.5 Å². The van der Waals surface area contributed by atoms with Crippen LogP contribution in [0.25, 0.3) is 0 Å². The molecule has 1 N–H and O–H groups in total. The third kappa shape index (κ3) is 5.22. The lowest BCUT2D eigenvalue weighted by atomic mass is 10.2. The quantitative estimate of drug-likeness (QED) is 0.683. The van der Waals surface area contributed by atoms with Gasteiger partial charge in [0.1, 0.15) is 5.75 Å². The number of benzene rings is 1. The van der Waals surface area contributed by atoms with E-state index in [1.54, 1.807) is 37.4 Å². The monoisotopic (exact) mass is 433 g/mol. The largest absolute Gasteiger partial charge is 0.495 e. The molecule has 154 valence electrons. The van der Waals surface area contributed by atoms with E-state index in [4.69, 9.17) is 16.3 Å². The molecule has 8 heteroatoms. The number of aryl methyl sites for hydroxylation is 1. The summed E-state index contributed by atoms with van der Waals surface area (Å²) in [6.07, 6.45) is 3.69. The minimum absolute atomic E-state index is 0.0162. The molecule has 1 fully saturated rings. The smallest absolute Gasteiger partial charge is 0.255 e. The van der Waals surface area contributed by atoms with Crippen molar-refractivity contribution in [2.45, 2.75) is 37.0 Å². The fraction of sp³-hybridized carbons (Fsp3) is 0.381. The first-order chi connectivity index (χ1) is 13.9. The first kappa shape index (κ1) is 21.5. The lowest BCUT2D eigenvalue weighted by Gasteiger charge is -2.16. The maximum atomic E-state index is 12.6. The topological polar surface area (TPSA) is 71.5 Å². The van der Waals surface area contributed by atoms with E-state index in [1.807, 2.05) is 11.8 Å². The van der Waals surface area contributed by atoms with E-state index in [0.717, 1.165) is 31.5 Å². The van der Waals surface area contributed by atoms with Crippen molar-refractivity contribution in [1.82, 2.24) is 9.88 Å². The van der Waals surface area contributed by atoms with Gasteiger partial charge < -0.3 is 15.0 Å². The van der Waals surface area contributed by atoms with Gasteiger partial charge in [-0.2, -0.15) is 0 Å². The van der Waals surface area contributed by atoms with Crippen LogP contribution in [0.15, 0.2) is 35.5 Å². The average molecular weight is 434 g/mol. The fourth-order valence-corrected chi connectivity index (χ4v) is 4.02. The molecule has 0 spiro atoms. The lowest BCUT2D eigenvalue weighted by molar-refractivity contribution is -0.115. The molecular formula is C21H24ClN3O3S. The van der Waals surface area contributed by atoms with Crippen molar-refractivity contribution in [3.8, 4) is 5.75 Å². The molecule has 2 heterocycles. The molecule has 3 rings (SSSR count). The SMILES string of the molecule is COc1cc(Cl)c(C)cc1NC(=O)C(C)Sc1ccc(C(=O)N2CCCC2)cn1. The van der Waals surface area contributed by atoms with Crippen molar-refractivity contribution in [3.05, 3.63) is 46.6 Å². The van der Waals surface area contributed by atoms with Gasteiger partial charge >= 0.3 is 0 Å². The van der Waals surface area contributed by atoms with Crippen LogP contribution in [0.3, 0.4) is 0 Å². The number of amides is 2. The predicted octanol–water partition coefficient (Wildman–Crippen LogP) is 4.41. The molecule has 0 saturated carbocycles. The Labute approximate surface area is 180 Å². The van der Waals surface area contributed by atoms with Crippen molar-refractivity contribution < 1.29 is 14.3 Å². The molecule has 1 atom stereocenters. The van der Waals surface area contributed by atoms with Crippen LogP contribution in [0.4, 0.5) is 5.69 Å². The lowest BCUT2D eigenvalue weighted by Crippen LogP contribution is -2.27. The van der Waals surface area contributed by atoms with Crippen molar-refractivity contribution in [3.63, 3.8) is 0 Å². The number of carbonyl (C=O) groups is 2. The highest BCUT2D eigenvalue weighted by molar-refractivity contribution is 8.00. The zero-order chi connectivity index (χ0) is 21.0. The Kier molecular flexibility index (Phi) is 7.03. The summed E-state index contributed by atoms with van der Waals surface area (Å²) in [5, 5.41) is 3.76. The summed E-state index contributed by atoms with van der Waals surface area (Å²) in [5.41, 5.74) is 2.00. The summed E-state index contributed by atoms with van der Waals surface area (Å²) >= 11 is 7.44. The molecule has 2 aromatic rings. The van der Waals surface area contributed by atoms with E-state index in [0.29, 0.717) is 27.0 Å². The van der Waals surface area contributed by atoms with E-state index in [9.17, 15) is 9.59 Å². The number of pyridine rings is 1. The number of ether oxygens (including phenoxy) is 1. The number of hydrogen-bond acceptors (Lipinski definition) is 5. The molecule has 29 heavy (non-hydrogen) atoms. The number of nitrogens with one attached hydrogen (secondary N) is 1. The molecule has 1 unspecified atom stereocenters. The number of hydrogen-bond donors (Lipinski definition) is 1. The Balaban J connectivity index is 1.62. The van der Waals surface area contributed by atoms with Crippen LogP contribution in [0.2, 0.25) is 5.02 Å². The Morgan fingerprint density at radius 3 is 2.62 bits per heavy atom. The standard InChI is InChI=1S/C21H24ClN3O3S/c1-13-10-17(18(28-3)11-16(13)22)24-20(26)14(2)29-19-7-6-15(12-23-19)21(27)25-8-4-5-9-25/h6-7,10-12,14H,4-5,8-9H2,1-3H3,(H,24,26). The number of rotatable bonds is 6. The van der Waals surface area contributed by atoms with Crippen LogP contribution in [0.1, 0.15) is 35.7 Å². The van der Waals surface area contributed by atoms with Crippen molar-refractivity contribution in [2.24, 2.45) is 0 Å². The number of likely N-dealkylation sites (tertiary alicyclic amines) is 1. The molecule has 1 saturated heterocycles. The molecule has 0 aliphatic carbocycles. The minimum Gasteiger partial charge on any atom is -0.495 e. The van der Waals surface area contributed by atoms with Gasteiger partial charge in [-0.3, -0.25) is 9.59 Å². The second kappa shape index (κ2) is 9.50. The van der Waals surface area contributed by atoms with E-state index in [1.165, 1.54) is 18.9 Å². The molecule has 1 aliphatic rings. The highest BCUT2D eigenvalue weighted by atomic mass is 35.5. The second-order valence-electron chi connectivity index (χ2n) is 6.94. The van der Waals surface area contributed by atoms with Crippen LogP contribution in [-0.2, 0) is 4.79 Å². The Morgan fingerprint density at radius 1 is 1.28 bits per heavy atom. The van der Waals surface area contributed by atoms with Crippen LogP contribution < -0.4 is 10.1 Å². The summed E-state index contributed by atoms with van der Waals surface area (Å²) in [7, 11) is 1.53. The predicted molar refractivity (Wildman–Crippen MR) is 116 cm³/mol. The van der Waals surface area contributed by atoms with Gasteiger partial charge in [-0.15, -0.1) is 0 Å². The highest BCUT2D eigenvalue weighted by Gasteiger charge is 2.21. The van der Waals surface area contributed by atoms with Gasteiger partial charge in [0.2, 0.25) is 5.91 Å². The van der Waals surface area contributed by atoms with Crippen molar-refractivity contribution >= 4 is 40.9 Å². The van der Waals surface area contributed by atoms with Gasteiger partial charge in [0.25, 0.3) is 5.91 Å². The number of aromatic nitrogens is 1. The van der Waals surface area contributed by atoms with Crippen LogP contribution in [-0.4, -0.2) is 47.1 Å². The third-order valence-corrected chi connectivity index (χ3v) is 6.24. The number of carbonyl (C=O) groups excluding carboxylic acids is 2.